The van der Waals surface area contributed by atoms with Crippen molar-refractivity contribution in [3.05, 3.63) is 54.0 Å². The number of benzene rings is 1. The zero-order valence-electron chi connectivity index (χ0n) is 5.04. The Morgan fingerprint density at radius 1 is 0.778 bits per heavy atom. The highest BCUT2D eigenvalue weighted by atomic mass is 14.2. The second kappa shape index (κ2) is 1.73. The van der Waals surface area contributed by atoms with Crippen LogP contribution in [0.3, 0.4) is 0 Å². The Morgan fingerprint density at radius 2 is 1.44 bits per heavy atom. The molecule has 1 aliphatic carbocycles. The van der Waals surface area contributed by atoms with Crippen LogP contribution in [-0.2, 0) is 0 Å². The first-order valence-electron chi connectivity index (χ1n) is 3.07. The molecule has 0 aromatic heterocycles. The summed E-state index contributed by atoms with van der Waals surface area (Å²) in [5, 5.41) is 0. The van der Waals surface area contributed by atoms with Crippen LogP contribution in [0.15, 0.2) is 42.5 Å². The fraction of sp³-hybridized carbons (Fsp3) is 0. The molecule has 1 aromatic carbocycles. The van der Waals surface area contributed by atoms with E-state index in [2.05, 4.69) is 36.4 Å². The van der Waals surface area contributed by atoms with E-state index in [1.165, 1.54) is 11.5 Å². The highest BCUT2D eigenvalue weighted by Gasteiger charge is 2.12. The van der Waals surface area contributed by atoms with Gasteiger partial charge in [-0.2, -0.15) is 0 Å². The predicted octanol–water partition coefficient (Wildman–Crippen LogP) is 2.18. The van der Waals surface area contributed by atoms with Crippen molar-refractivity contribution in [3.8, 4) is 0 Å². The number of allylic oxidation sites excluding steroid dienone is 2. The molecule has 0 saturated carbocycles. The van der Waals surface area contributed by atoms with Crippen LogP contribution in [0.2, 0.25) is 0 Å². The number of hydrogen-bond donors (Lipinski definition) is 0. The van der Waals surface area contributed by atoms with E-state index in [-0.39, 0.29) is 0 Å². The van der Waals surface area contributed by atoms with Crippen molar-refractivity contribution >= 4 is 0 Å². The van der Waals surface area contributed by atoms with Gasteiger partial charge in [-0.1, -0.05) is 42.5 Å². The minimum absolute atomic E-state index is 1.33. The van der Waals surface area contributed by atoms with Crippen molar-refractivity contribution in [2.24, 2.45) is 0 Å². The normalized spacial score (nSPS) is 16.0. The summed E-state index contributed by atoms with van der Waals surface area (Å²) in [5.74, 6) is 1.37. The second-order valence-corrected chi connectivity index (χ2v) is 2.15. The van der Waals surface area contributed by atoms with Gasteiger partial charge in [-0.3, -0.25) is 0 Å². The summed E-state index contributed by atoms with van der Waals surface area (Å²) in [7, 11) is 0. The largest absolute Gasteiger partial charge is 0.0714 e. The van der Waals surface area contributed by atoms with Crippen LogP contribution in [0, 0.1) is 5.92 Å². The standard InChI is InChI=1S/C9H7/c1-2-4-8(5-3-1)9-6-7-9/h1-7H. The highest BCUT2D eigenvalue weighted by Crippen LogP contribution is 2.27. The van der Waals surface area contributed by atoms with Crippen LogP contribution in [0.25, 0.3) is 0 Å². The van der Waals surface area contributed by atoms with E-state index in [1.54, 1.807) is 0 Å². The van der Waals surface area contributed by atoms with Gasteiger partial charge in [0.2, 0.25) is 0 Å². The number of hydrogen-bond acceptors (Lipinski definition) is 0. The van der Waals surface area contributed by atoms with Gasteiger partial charge in [-0.15, -0.1) is 0 Å². The van der Waals surface area contributed by atoms with Crippen LogP contribution >= 0.6 is 0 Å². The molecule has 0 unspecified atom stereocenters. The molecule has 0 bridgehead atoms. The van der Waals surface area contributed by atoms with E-state index in [4.69, 9.17) is 0 Å². The Balaban J connectivity index is 2.30. The summed E-state index contributed by atoms with van der Waals surface area (Å²) in [6.45, 7) is 0. The lowest BCUT2D eigenvalue weighted by molar-refractivity contribution is 1.49. The van der Waals surface area contributed by atoms with Crippen molar-refractivity contribution in [1.29, 1.82) is 0 Å². The third kappa shape index (κ3) is 0.879. The van der Waals surface area contributed by atoms with Crippen LogP contribution in [-0.4, -0.2) is 0 Å². The van der Waals surface area contributed by atoms with Crippen LogP contribution < -0.4 is 0 Å². The predicted molar refractivity (Wildman–Crippen MR) is 37.9 cm³/mol. The smallest absolute Gasteiger partial charge is 0.0479 e. The molecule has 1 aliphatic rings. The zero-order valence-corrected chi connectivity index (χ0v) is 5.04. The summed E-state index contributed by atoms with van der Waals surface area (Å²) < 4.78 is 0. The van der Waals surface area contributed by atoms with E-state index in [0.717, 1.165) is 0 Å². The molecular formula is C9H7. The summed E-state index contributed by atoms with van der Waals surface area (Å²) in [6, 6.07) is 10.4. The van der Waals surface area contributed by atoms with E-state index < -0.39 is 0 Å². The topological polar surface area (TPSA) is 0 Å². The molecule has 0 nitrogen and oxygen atoms in total. The van der Waals surface area contributed by atoms with Gasteiger partial charge >= 0.3 is 0 Å². The summed E-state index contributed by atoms with van der Waals surface area (Å²) >= 11 is 0. The Labute approximate surface area is 54.8 Å². The van der Waals surface area contributed by atoms with E-state index >= 15 is 0 Å². The number of rotatable bonds is 1. The van der Waals surface area contributed by atoms with Crippen LogP contribution in [0.5, 0.6) is 0 Å². The molecule has 1 aromatic rings. The maximum absolute atomic E-state index is 2.12. The maximum Gasteiger partial charge on any atom is 0.0479 e. The van der Waals surface area contributed by atoms with Gasteiger partial charge in [0.1, 0.15) is 0 Å². The molecule has 0 N–H and O–H groups in total. The van der Waals surface area contributed by atoms with E-state index in [1.807, 2.05) is 6.07 Å². The summed E-state index contributed by atoms with van der Waals surface area (Å²) in [6.07, 6.45) is 4.24. The van der Waals surface area contributed by atoms with Crippen molar-refractivity contribution in [1.82, 2.24) is 0 Å². The highest BCUT2D eigenvalue weighted by molar-refractivity contribution is 5.54. The monoisotopic (exact) mass is 115 g/mol. The van der Waals surface area contributed by atoms with Crippen molar-refractivity contribution < 1.29 is 0 Å². The first kappa shape index (κ1) is 4.80. The van der Waals surface area contributed by atoms with E-state index in [0.29, 0.717) is 0 Å². The lowest BCUT2D eigenvalue weighted by Crippen LogP contribution is -1.76. The molecule has 0 spiro atoms. The van der Waals surface area contributed by atoms with Gasteiger partial charge in [0.15, 0.2) is 0 Å². The molecule has 9 heavy (non-hydrogen) atoms. The molecular weight excluding hydrogens is 108 g/mol. The minimum atomic E-state index is 1.33. The summed E-state index contributed by atoms with van der Waals surface area (Å²) in [4.78, 5) is 0. The molecule has 0 fully saturated rings. The Bertz CT molecular complexity index is 215. The third-order valence-electron chi connectivity index (χ3n) is 1.44. The van der Waals surface area contributed by atoms with Crippen LogP contribution in [0.4, 0.5) is 0 Å². The Kier molecular flexibility index (Phi) is 0.922. The van der Waals surface area contributed by atoms with Crippen molar-refractivity contribution in [3.63, 3.8) is 0 Å². The first-order valence-corrected chi connectivity index (χ1v) is 3.07. The fourth-order valence-corrected chi connectivity index (χ4v) is 0.865. The van der Waals surface area contributed by atoms with Gasteiger partial charge in [-0.05, 0) is 5.56 Å². The molecule has 0 aliphatic heterocycles. The molecule has 0 atom stereocenters. The quantitative estimate of drug-likeness (QED) is 0.526. The van der Waals surface area contributed by atoms with E-state index in [9.17, 15) is 0 Å². The first-order chi connectivity index (χ1) is 4.47. The summed E-state index contributed by atoms with van der Waals surface area (Å²) in [5.41, 5.74) is 1.33. The zero-order chi connectivity index (χ0) is 6.10. The molecule has 0 heterocycles. The Hall–Kier alpha value is -1.04. The minimum Gasteiger partial charge on any atom is -0.0714 e. The third-order valence-corrected chi connectivity index (χ3v) is 1.44. The SMILES string of the molecule is C1=C[C]1c1ccccc1. The van der Waals surface area contributed by atoms with Gasteiger partial charge in [0.25, 0.3) is 0 Å². The van der Waals surface area contributed by atoms with Crippen LogP contribution in [0.1, 0.15) is 5.56 Å². The average molecular weight is 115 g/mol. The molecule has 2 rings (SSSR count). The van der Waals surface area contributed by atoms with Gasteiger partial charge in [0.05, 0.1) is 0 Å². The Morgan fingerprint density at radius 3 is 2.00 bits per heavy atom. The molecule has 0 saturated heterocycles. The maximum atomic E-state index is 2.12. The van der Waals surface area contributed by atoms with Crippen molar-refractivity contribution in [2.45, 2.75) is 0 Å². The van der Waals surface area contributed by atoms with Crippen molar-refractivity contribution in [2.75, 3.05) is 0 Å². The van der Waals surface area contributed by atoms with Gasteiger partial charge in [-0.25, -0.2) is 0 Å². The lowest BCUT2D eigenvalue weighted by atomic mass is 10.1. The fourth-order valence-electron chi connectivity index (χ4n) is 0.865. The lowest BCUT2D eigenvalue weighted by Gasteiger charge is -1.92. The average Bonchev–Trinajstić information content (AvgIpc) is 2.71. The molecule has 0 amide bonds. The molecule has 1 radical (unpaired) electrons. The molecule has 43 valence electrons. The molecule has 0 heteroatoms. The van der Waals surface area contributed by atoms with Gasteiger partial charge < -0.3 is 0 Å². The second-order valence-electron chi connectivity index (χ2n) is 2.15. The van der Waals surface area contributed by atoms with Gasteiger partial charge in [0, 0.05) is 5.92 Å².